The van der Waals surface area contributed by atoms with Crippen molar-refractivity contribution >= 4 is 27.8 Å². The minimum absolute atomic E-state index is 0.0674. The number of halogens is 1. The first-order valence-electron chi connectivity index (χ1n) is 7.08. The molecule has 0 bridgehead atoms. The first-order chi connectivity index (χ1) is 10.6. The molecular weight excluding hydrogens is 344 g/mol. The fraction of sp³-hybridized carbons (Fsp3) is 0.167. The Morgan fingerprint density at radius 3 is 2.82 bits per heavy atom. The van der Waals surface area contributed by atoms with Gasteiger partial charge in [-0.2, -0.15) is 0 Å². The van der Waals surface area contributed by atoms with Crippen LogP contribution in [0.15, 0.2) is 46.4 Å². The second-order valence-corrected chi connectivity index (χ2v) is 5.97. The maximum atomic E-state index is 12.4. The summed E-state index contributed by atoms with van der Waals surface area (Å²) in [5.41, 5.74) is 3.41. The molecule has 4 heteroatoms. The van der Waals surface area contributed by atoms with E-state index in [2.05, 4.69) is 15.9 Å². The predicted molar refractivity (Wildman–Crippen MR) is 89.4 cm³/mol. The van der Waals surface area contributed by atoms with Gasteiger partial charge in [0.15, 0.2) is 17.3 Å². The van der Waals surface area contributed by atoms with Gasteiger partial charge < -0.3 is 9.84 Å². The summed E-state index contributed by atoms with van der Waals surface area (Å²) in [6, 6.07) is 11.2. The zero-order chi connectivity index (χ0) is 15.7. The van der Waals surface area contributed by atoms with Crippen LogP contribution in [-0.4, -0.2) is 17.5 Å². The number of hydrogen-bond acceptors (Lipinski definition) is 3. The van der Waals surface area contributed by atoms with Gasteiger partial charge in [-0.1, -0.05) is 24.3 Å². The van der Waals surface area contributed by atoms with Gasteiger partial charge in [0.05, 0.1) is 11.1 Å². The van der Waals surface area contributed by atoms with Crippen LogP contribution >= 0.6 is 15.9 Å². The van der Waals surface area contributed by atoms with E-state index in [1.165, 1.54) is 0 Å². The standard InChI is InChI=1S/C18H15BrO3/c1-2-22-16-9-11(8-15(19)18(16)21)7-13-10-12-5-3-4-6-14(12)17(13)20/h3-9,21H,2,10H2,1H3/b13-7+. The number of rotatable bonds is 3. The monoisotopic (exact) mass is 358 g/mol. The molecule has 3 nitrogen and oxygen atoms in total. The van der Waals surface area contributed by atoms with Crippen molar-refractivity contribution in [2.24, 2.45) is 0 Å². The molecule has 0 aliphatic heterocycles. The number of phenolic OH excluding ortho intramolecular Hbond substituents is 1. The lowest BCUT2D eigenvalue weighted by atomic mass is 10.1. The molecule has 2 aromatic rings. The van der Waals surface area contributed by atoms with Gasteiger partial charge in [-0.3, -0.25) is 4.79 Å². The molecule has 112 valence electrons. The van der Waals surface area contributed by atoms with Crippen molar-refractivity contribution in [3.63, 3.8) is 0 Å². The highest BCUT2D eigenvalue weighted by molar-refractivity contribution is 9.10. The summed E-state index contributed by atoms with van der Waals surface area (Å²) < 4.78 is 5.97. The van der Waals surface area contributed by atoms with Crippen LogP contribution in [0.2, 0.25) is 0 Å². The minimum atomic E-state index is 0.0674. The second-order valence-electron chi connectivity index (χ2n) is 5.12. The van der Waals surface area contributed by atoms with Crippen LogP contribution in [0, 0.1) is 0 Å². The van der Waals surface area contributed by atoms with Crippen molar-refractivity contribution < 1.29 is 14.6 Å². The van der Waals surface area contributed by atoms with Gasteiger partial charge in [-0.15, -0.1) is 0 Å². The van der Waals surface area contributed by atoms with Crippen LogP contribution in [0.25, 0.3) is 6.08 Å². The van der Waals surface area contributed by atoms with Crippen molar-refractivity contribution in [3.05, 3.63) is 63.1 Å². The number of hydrogen-bond donors (Lipinski definition) is 1. The molecule has 0 saturated heterocycles. The highest BCUT2D eigenvalue weighted by atomic mass is 79.9. The zero-order valence-electron chi connectivity index (χ0n) is 12.1. The molecule has 0 saturated carbocycles. The first-order valence-corrected chi connectivity index (χ1v) is 7.88. The van der Waals surface area contributed by atoms with Gasteiger partial charge in [0.25, 0.3) is 0 Å². The number of aromatic hydroxyl groups is 1. The smallest absolute Gasteiger partial charge is 0.189 e. The van der Waals surface area contributed by atoms with E-state index in [1.54, 1.807) is 12.1 Å². The van der Waals surface area contributed by atoms with Crippen molar-refractivity contribution in [1.29, 1.82) is 0 Å². The van der Waals surface area contributed by atoms with Crippen LogP contribution < -0.4 is 4.74 Å². The summed E-state index contributed by atoms with van der Waals surface area (Å²) in [4.78, 5) is 12.4. The molecule has 1 aliphatic carbocycles. The van der Waals surface area contributed by atoms with Gasteiger partial charge >= 0.3 is 0 Å². The third kappa shape index (κ3) is 2.66. The Hall–Kier alpha value is -2.07. The molecule has 0 spiro atoms. The van der Waals surface area contributed by atoms with Crippen molar-refractivity contribution in [2.75, 3.05) is 6.61 Å². The van der Waals surface area contributed by atoms with Crippen LogP contribution in [-0.2, 0) is 6.42 Å². The second kappa shape index (κ2) is 5.97. The quantitative estimate of drug-likeness (QED) is 0.828. The molecule has 0 fully saturated rings. The molecule has 0 heterocycles. The average Bonchev–Trinajstić information content (AvgIpc) is 2.81. The van der Waals surface area contributed by atoms with E-state index >= 15 is 0 Å². The molecule has 1 N–H and O–H groups in total. The normalized spacial score (nSPS) is 15.2. The lowest BCUT2D eigenvalue weighted by Gasteiger charge is -2.09. The number of carbonyl (C=O) groups is 1. The van der Waals surface area contributed by atoms with E-state index in [-0.39, 0.29) is 11.5 Å². The summed E-state index contributed by atoms with van der Waals surface area (Å²) >= 11 is 3.32. The van der Waals surface area contributed by atoms with Crippen molar-refractivity contribution in [2.45, 2.75) is 13.3 Å². The number of ether oxygens (including phenoxy) is 1. The molecular formula is C18H15BrO3. The topological polar surface area (TPSA) is 46.5 Å². The first kappa shape index (κ1) is 14.9. The number of phenols is 1. The van der Waals surface area contributed by atoms with E-state index in [1.807, 2.05) is 37.3 Å². The van der Waals surface area contributed by atoms with Crippen LogP contribution in [0.1, 0.15) is 28.4 Å². The van der Waals surface area contributed by atoms with Gasteiger partial charge in [-0.05, 0) is 52.2 Å². The van der Waals surface area contributed by atoms with Crippen LogP contribution in [0.5, 0.6) is 11.5 Å². The molecule has 0 unspecified atom stereocenters. The summed E-state index contributed by atoms with van der Waals surface area (Å²) in [5.74, 6) is 0.550. The summed E-state index contributed by atoms with van der Waals surface area (Å²) in [6.45, 7) is 2.32. The largest absolute Gasteiger partial charge is 0.503 e. The Morgan fingerprint density at radius 2 is 2.09 bits per heavy atom. The third-order valence-electron chi connectivity index (χ3n) is 3.63. The maximum Gasteiger partial charge on any atom is 0.189 e. The summed E-state index contributed by atoms with van der Waals surface area (Å²) in [7, 11) is 0. The lowest BCUT2D eigenvalue weighted by molar-refractivity contribution is 0.104. The zero-order valence-corrected chi connectivity index (χ0v) is 13.7. The summed E-state index contributed by atoms with van der Waals surface area (Å²) in [6.07, 6.45) is 2.49. The predicted octanol–water partition coefficient (Wildman–Crippen LogP) is 4.38. The molecule has 0 aromatic heterocycles. The molecule has 2 aromatic carbocycles. The van der Waals surface area contributed by atoms with Gasteiger partial charge in [0.2, 0.25) is 0 Å². The molecule has 0 atom stereocenters. The highest BCUT2D eigenvalue weighted by Gasteiger charge is 2.24. The Bertz CT molecular complexity index is 778. The van der Waals surface area contributed by atoms with E-state index in [4.69, 9.17) is 4.74 Å². The highest BCUT2D eigenvalue weighted by Crippen LogP contribution is 2.37. The average molecular weight is 359 g/mol. The SMILES string of the molecule is CCOc1cc(/C=C2\Cc3ccccc3C2=O)cc(Br)c1O. The lowest BCUT2D eigenvalue weighted by Crippen LogP contribution is -1.96. The number of fused-ring (bicyclic) bond motifs is 1. The van der Waals surface area contributed by atoms with E-state index in [0.717, 1.165) is 22.3 Å². The van der Waals surface area contributed by atoms with Gasteiger partial charge in [0, 0.05) is 17.6 Å². The van der Waals surface area contributed by atoms with E-state index < -0.39 is 0 Å². The fourth-order valence-corrected chi connectivity index (χ4v) is 3.07. The third-order valence-corrected chi connectivity index (χ3v) is 4.23. The number of Topliss-reactive ketones (excluding diaryl/α,β-unsaturated/α-hetero) is 1. The maximum absolute atomic E-state index is 12.4. The fourth-order valence-electron chi connectivity index (χ4n) is 2.61. The van der Waals surface area contributed by atoms with Crippen LogP contribution in [0.3, 0.4) is 0 Å². The molecule has 1 aliphatic rings. The minimum Gasteiger partial charge on any atom is -0.503 e. The summed E-state index contributed by atoms with van der Waals surface area (Å²) in [5, 5.41) is 9.95. The number of benzene rings is 2. The number of allylic oxidation sites excluding steroid dienone is 1. The Balaban J connectivity index is 1.99. The van der Waals surface area contributed by atoms with E-state index in [0.29, 0.717) is 23.2 Å². The Kier molecular flexibility index (Phi) is 4.03. The Morgan fingerprint density at radius 1 is 1.32 bits per heavy atom. The molecule has 0 radical (unpaired) electrons. The van der Waals surface area contributed by atoms with Gasteiger partial charge in [-0.25, -0.2) is 0 Å². The van der Waals surface area contributed by atoms with Gasteiger partial charge in [0.1, 0.15) is 0 Å². The van der Waals surface area contributed by atoms with Crippen LogP contribution in [0.4, 0.5) is 0 Å². The van der Waals surface area contributed by atoms with Crippen molar-refractivity contribution in [3.8, 4) is 11.5 Å². The van der Waals surface area contributed by atoms with E-state index in [9.17, 15) is 9.90 Å². The number of carbonyl (C=O) groups excluding carboxylic acids is 1. The molecule has 22 heavy (non-hydrogen) atoms. The number of ketones is 1. The Labute approximate surface area is 137 Å². The molecule has 0 amide bonds. The van der Waals surface area contributed by atoms with Crippen molar-refractivity contribution in [1.82, 2.24) is 0 Å². The molecule has 3 rings (SSSR count).